The van der Waals surface area contributed by atoms with Crippen LogP contribution >= 0.6 is 0 Å². The predicted molar refractivity (Wildman–Crippen MR) is 159 cm³/mol. The zero-order valence-corrected chi connectivity index (χ0v) is 25.8. The van der Waals surface area contributed by atoms with Crippen molar-refractivity contribution in [2.24, 2.45) is 35.0 Å². The van der Waals surface area contributed by atoms with Crippen LogP contribution in [-0.4, -0.2) is 54.2 Å². The molecule has 7 nitrogen and oxygen atoms in total. The second-order valence-corrected chi connectivity index (χ2v) is 15.0. The molecule has 5 aliphatic carbocycles. The summed E-state index contributed by atoms with van der Waals surface area (Å²) in [4.78, 5) is 11.9. The molecule has 2 heterocycles. The summed E-state index contributed by atoms with van der Waals surface area (Å²) in [7, 11) is 0. The van der Waals surface area contributed by atoms with Crippen LogP contribution in [0.1, 0.15) is 128 Å². The molecule has 5 saturated carbocycles. The van der Waals surface area contributed by atoms with Crippen LogP contribution in [0.2, 0.25) is 0 Å². The van der Waals surface area contributed by atoms with Gasteiger partial charge in [-0.15, -0.1) is 0 Å². The fraction of sp³-hybridized carbons (Fsp3) is 0.914. The number of hydrogen-bond acceptors (Lipinski definition) is 6. The van der Waals surface area contributed by atoms with E-state index in [-0.39, 0.29) is 31.0 Å². The largest absolute Gasteiger partial charge is 0.481 e. The average molecular weight is 589 g/mol. The van der Waals surface area contributed by atoms with Gasteiger partial charge in [-0.25, -0.2) is 0 Å². The molecule has 0 amide bonds. The number of carboxylic acid groups (broad SMARTS) is 1. The van der Waals surface area contributed by atoms with Gasteiger partial charge in [-0.2, -0.15) is 0 Å². The minimum absolute atomic E-state index is 0.103. The lowest BCUT2D eigenvalue weighted by Crippen LogP contribution is -2.45. The highest BCUT2D eigenvalue weighted by atomic mass is 16.7. The predicted octanol–water partition coefficient (Wildman–Crippen LogP) is 7.35. The van der Waals surface area contributed by atoms with Crippen molar-refractivity contribution in [1.29, 1.82) is 0 Å². The molecule has 0 spiro atoms. The Morgan fingerprint density at radius 3 is 2.10 bits per heavy atom. The summed E-state index contributed by atoms with van der Waals surface area (Å²) in [6.07, 6.45) is 23.0. The topological polar surface area (TPSA) is 94.5 Å². The van der Waals surface area contributed by atoms with Crippen LogP contribution < -0.4 is 0 Å². The number of ether oxygens (including phenoxy) is 4. The first-order valence-electron chi connectivity index (χ1n) is 17.6. The zero-order chi connectivity index (χ0) is 28.9. The van der Waals surface area contributed by atoms with E-state index in [2.05, 4.69) is 6.08 Å². The number of rotatable bonds is 14. The Labute approximate surface area is 253 Å². The highest BCUT2D eigenvalue weighted by Crippen LogP contribution is 2.61. The minimum atomic E-state index is -0.897. The van der Waals surface area contributed by atoms with Gasteiger partial charge in [0.2, 0.25) is 0 Å². The maximum absolute atomic E-state index is 11.9. The molecule has 7 fully saturated rings. The molecule has 2 unspecified atom stereocenters. The van der Waals surface area contributed by atoms with Crippen molar-refractivity contribution >= 4 is 5.97 Å². The minimum Gasteiger partial charge on any atom is -0.481 e. The molecule has 42 heavy (non-hydrogen) atoms. The number of aliphatic carboxylic acids is 1. The molecule has 2 N–H and O–H groups in total. The maximum Gasteiger partial charge on any atom is 0.303 e. The average Bonchev–Trinajstić information content (AvgIpc) is 3.25. The van der Waals surface area contributed by atoms with Crippen molar-refractivity contribution < 1.29 is 34.0 Å². The summed E-state index contributed by atoms with van der Waals surface area (Å²) in [5, 5.41) is 20.7. The van der Waals surface area contributed by atoms with E-state index in [4.69, 9.17) is 18.9 Å². The Hall–Kier alpha value is -1.15. The van der Waals surface area contributed by atoms with Crippen molar-refractivity contribution in [3.63, 3.8) is 0 Å². The van der Waals surface area contributed by atoms with Crippen LogP contribution in [0.3, 0.4) is 0 Å². The molecule has 0 aromatic rings. The van der Waals surface area contributed by atoms with Crippen LogP contribution in [0, 0.1) is 35.0 Å². The monoisotopic (exact) mass is 588 g/mol. The lowest BCUT2D eigenvalue weighted by molar-refractivity contribution is -0.201. The van der Waals surface area contributed by atoms with E-state index in [1.165, 1.54) is 64.2 Å². The SMILES string of the molecule is O=C(O)C[C@@H]1[C@@H](C(=CCCCCCCC23CC4CC(CC(C4)C2)C3)OC2CCCCO2)[C@H](OC2CCCCO2)C[C@@H]1O. The van der Waals surface area contributed by atoms with Gasteiger partial charge in [-0.05, 0) is 119 Å². The Bertz CT molecular complexity index is 870. The van der Waals surface area contributed by atoms with E-state index in [1.54, 1.807) is 0 Å². The Balaban J connectivity index is 1.06. The number of aliphatic hydroxyl groups is 1. The fourth-order valence-corrected chi connectivity index (χ4v) is 10.1. The molecule has 4 bridgehead atoms. The first-order valence-corrected chi connectivity index (χ1v) is 17.6. The Morgan fingerprint density at radius 1 is 0.833 bits per heavy atom. The Kier molecular flexibility index (Phi) is 10.5. The first-order chi connectivity index (χ1) is 20.5. The standard InChI is InChI=1S/C35H56O7/c36-28-20-30(42-33-12-6-9-15-40-33)34(27(28)19-31(37)38)29(41-32-11-5-8-14-39-32)10-4-2-1-3-7-13-35-21-24-16-25(22-35)18-26(17-24)23-35/h10,24-28,30,32-34,36H,1-9,11-23H2,(H,37,38)/t24?,25?,26?,27-,28-,30+,32?,33?,34-,35?/m0/s1. The van der Waals surface area contributed by atoms with E-state index in [9.17, 15) is 15.0 Å². The lowest BCUT2D eigenvalue weighted by atomic mass is 9.48. The van der Waals surface area contributed by atoms with Gasteiger partial charge in [0.1, 0.15) is 5.76 Å². The first kappa shape index (κ1) is 30.9. The van der Waals surface area contributed by atoms with Crippen molar-refractivity contribution in [1.82, 2.24) is 0 Å². The highest BCUT2D eigenvalue weighted by Gasteiger charge is 2.50. The number of hydrogen-bond donors (Lipinski definition) is 2. The van der Waals surface area contributed by atoms with Crippen molar-refractivity contribution in [3.05, 3.63) is 11.8 Å². The van der Waals surface area contributed by atoms with E-state index in [0.717, 1.165) is 74.9 Å². The van der Waals surface area contributed by atoms with E-state index in [1.807, 2.05) is 0 Å². The molecule has 2 aliphatic heterocycles. The molecule has 0 aromatic carbocycles. The van der Waals surface area contributed by atoms with Gasteiger partial charge in [-0.1, -0.05) is 19.3 Å². The van der Waals surface area contributed by atoms with E-state index < -0.39 is 18.0 Å². The molecule has 0 radical (unpaired) electrons. The number of aliphatic hydroxyl groups excluding tert-OH is 1. The normalized spacial score (nSPS) is 41.7. The number of carbonyl (C=O) groups is 1. The third-order valence-corrected chi connectivity index (χ3v) is 11.6. The van der Waals surface area contributed by atoms with Crippen LogP contribution in [0.5, 0.6) is 0 Å². The summed E-state index contributed by atoms with van der Waals surface area (Å²) in [6.45, 7) is 1.37. The van der Waals surface area contributed by atoms with Crippen LogP contribution in [-0.2, 0) is 23.7 Å². The second-order valence-electron chi connectivity index (χ2n) is 15.0. The van der Waals surface area contributed by atoms with Crippen LogP contribution in [0.25, 0.3) is 0 Å². The summed E-state index contributed by atoms with van der Waals surface area (Å²) >= 11 is 0. The fourth-order valence-electron chi connectivity index (χ4n) is 10.1. The van der Waals surface area contributed by atoms with Gasteiger partial charge >= 0.3 is 5.97 Å². The van der Waals surface area contributed by atoms with Gasteiger partial charge in [0.15, 0.2) is 12.6 Å². The molecule has 7 heteroatoms. The number of unbranched alkanes of at least 4 members (excludes halogenated alkanes) is 4. The van der Waals surface area contributed by atoms with Gasteiger partial charge in [0, 0.05) is 31.3 Å². The highest BCUT2D eigenvalue weighted by molar-refractivity contribution is 5.67. The molecule has 0 aromatic heterocycles. The summed E-state index contributed by atoms with van der Waals surface area (Å²) in [6, 6.07) is 0. The molecular weight excluding hydrogens is 532 g/mol. The van der Waals surface area contributed by atoms with Crippen LogP contribution in [0.15, 0.2) is 11.8 Å². The summed E-state index contributed by atoms with van der Waals surface area (Å²) in [5.74, 6) is 2.19. The maximum atomic E-state index is 11.9. The van der Waals surface area contributed by atoms with Crippen molar-refractivity contribution in [3.8, 4) is 0 Å². The van der Waals surface area contributed by atoms with E-state index in [0.29, 0.717) is 25.0 Å². The number of allylic oxidation sites excluding steroid dienone is 1. The summed E-state index contributed by atoms with van der Waals surface area (Å²) in [5.41, 5.74) is 0.676. The van der Waals surface area contributed by atoms with E-state index >= 15 is 0 Å². The van der Waals surface area contributed by atoms with Gasteiger partial charge in [-0.3, -0.25) is 4.79 Å². The third kappa shape index (κ3) is 7.73. The second kappa shape index (κ2) is 14.3. The lowest BCUT2D eigenvalue weighted by Gasteiger charge is -2.57. The summed E-state index contributed by atoms with van der Waals surface area (Å²) < 4.78 is 24.8. The molecule has 7 rings (SSSR count). The molecule has 2 saturated heterocycles. The number of carboxylic acids is 1. The third-order valence-electron chi connectivity index (χ3n) is 11.6. The molecule has 6 atom stereocenters. The Morgan fingerprint density at radius 2 is 1.48 bits per heavy atom. The smallest absolute Gasteiger partial charge is 0.303 e. The van der Waals surface area contributed by atoms with Gasteiger partial charge < -0.3 is 29.2 Å². The van der Waals surface area contributed by atoms with Gasteiger partial charge in [0.25, 0.3) is 0 Å². The van der Waals surface area contributed by atoms with Crippen LogP contribution in [0.4, 0.5) is 0 Å². The van der Waals surface area contributed by atoms with Crippen molar-refractivity contribution in [2.75, 3.05) is 13.2 Å². The van der Waals surface area contributed by atoms with Crippen molar-refractivity contribution in [2.45, 2.75) is 153 Å². The van der Waals surface area contributed by atoms with Gasteiger partial charge in [0.05, 0.1) is 25.2 Å². The molecular formula is C35H56O7. The quantitative estimate of drug-likeness (QED) is 0.162. The molecule has 238 valence electrons. The zero-order valence-electron chi connectivity index (χ0n) is 25.8. The molecule has 7 aliphatic rings.